The monoisotopic (exact) mass is 339 g/mol. The number of ether oxygens (including phenoxy) is 1. The summed E-state index contributed by atoms with van der Waals surface area (Å²) in [4.78, 5) is 13.5. The Hall–Kier alpha value is -2.17. The van der Waals surface area contributed by atoms with E-state index in [1.807, 2.05) is 18.2 Å². The van der Waals surface area contributed by atoms with Crippen LogP contribution in [-0.2, 0) is 17.8 Å². The highest BCUT2D eigenvalue weighted by molar-refractivity contribution is 5.87. The van der Waals surface area contributed by atoms with Gasteiger partial charge in [-0.2, -0.15) is 0 Å². The normalized spacial score (nSPS) is 15.4. The van der Waals surface area contributed by atoms with Gasteiger partial charge in [0.15, 0.2) is 0 Å². The Morgan fingerprint density at radius 3 is 2.16 bits per heavy atom. The van der Waals surface area contributed by atoms with Gasteiger partial charge in [-0.1, -0.05) is 42.5 Å². The molecule has 0 aliphatic carbocycles. The molecule has 3 rings (SSSR count). The third-order valence-corrected chi connectivity index (χ3v) is 4.71. The molecule has 2 aromatic rings. The fraction of sp³-hybridized carbons (Fsp3) is 0.381. The third-order valence-electron chi connectivity index (χ3n) is 4.71. The highest BCUT2D eigenvalue weighted by atomic mass is 16.5. The lowest BCUT2D eigenvalue weighted by Gasteiger charge is -2.30. The van der Waals surface area contributed by atoms with Crippen LogP contribution < -0.4 is 0 Å². The minimum atomic E-state index is -0.880. The number of hydrogen-bond donors (Lipinski definition) is 1. The van der Waals surface area contributed by atoms with E-state index in [9.17, 15) is 4.79 Å². The van der Waals surface area contributed by atoms with E-state index < -0.39 is 5.97 Å². The summed E-state index contributed by atoms with van der Waals surface area (Å²) >= 11 is 0. The van der Waals surface area contributed by atoms with Crippen LogP contribution in [0.25, 0.3) is 0 Å². The van der Waals surface area contributed by atoms with E-state index in [1.165, 1.54) is 5.56 Å². The second-order valence-corrected chi connectivity index (χ2v) is 6.71. The number of hydrogen-bond acceptors (Lipinski definition) is 3. The quantitative estimate of drug-likeness (QED) is 0.833. The number of carbonyl (C=O) groups is 1. The van der Waals surface area contributed by atoms with Crippen LogP contribution in [0.3, 0.4) is 0 Å². The third kappa shape index (κ3) is 5.41. The fourth-order valence-electron chi connectivity index (χ4n) is 3.33. The molecule has 132 valence electrons. The first-order valence-electron chi connectivity index (χ1n) is 8.87. The summed E-state index contributed by atoms with van der Waals surface area (Å²) in [6, 6.07) is 17.7. The van der Waals surface area contributed by atoms with Gasteiger partial charge in [0.2, 0.25) is 0 Å². The van der Waals surface area contributed by atoms with Crippen molar-refractivity contribution in [1.29, 1.82) is 0 Å². The average molecular weight is 339 g/mol. The van der Waals surface area contributed by atoms with Gasteiger partial charge in [0.25, 0.3) is 0 Å². The Balaban J connectivity index is 1.69. The second-order valence-electron chi connectivity index (χ2n) is 6.71. The minimum Gasteiger partial charge on any atom is -0.478 e. The van der Waals surface area contributed by atoms with E-state index in [2.05, 4.69) is 29.2 Å². The Morgan fingerprint density at radius 2 is 1.56 bits per heavy atom. The summed E-state index contributed by atoms with van der Waals surface area (Å²) in [5, 5.41) is 9.05. The molecule has 2 aromatic carbocycles. The van der Waals surface area contributed by atoms with E-state index >= 15 is 0 Å². The molecule has 1 fully saturated rings. The van der Waals surface area contributed by atoms with E-state index in [-0.39, 0.29) is 0 Å². The summed E-state index contributed by atoms with van der Waals surface area (Å²) in [6.07, 6.45) is 2.23. The molecule has 0 radical (unpaired) electrons. The molecule has 1 aliphatic rings. The zero-order chi connectivity index (χ0) is 17.5. The van der Waals surface area contributed by atoms with Gasteiger partial charge >= 0.3 is 5.97 Å². The van der Waals surface area contributed by atoms with Crippen LogP contribution in [0.5, 0.6) is 0 Å². The lowest BCUT2D eigenvalue weighted by molar-refractivity contribution is 0.0502. The second kappa shape index (κ2) is 8.79. The molecule has 0 aromatic heterocycles. The van der Waals surface area contributed by atoms with E-state index in [0.29, 0.717) is 11.5 Å². The highest BCUT2D eigenvalue weighted by Gasteiger charge is 2.18. The molecule has 4 nitrogen and oxygen atoms in total. The van der Waals surface area contributed by atoms with Crippen LogP contribution in [0.4, 0.5) is 0 Å². The van der Waals surface area contributed by atoms with Gasteiger partial charge < -0.3 is 9.84 Å². The summed E-state index contributed by atoms with van der Waals surface area (Å²) < 4.78 is 5.48. The van der Waals surface area contributed by atoms with Crippen LogP contribution >= 0.6 is 0 Å². The van der Waals surface area contributed by atoms with E-state index in [4.69, 9.17) is 9.84 Å². The Kier molecular flexibility index (Phi) is 6.20. The van der Waals surface area contributed by atoms with Crippen molar-refractivity contribution in [3.8, 4) is 0 Å². The lowest BCUT2D eigenvalue weighted by Crippen LogP contribution is -2.32. The summed E-state index contributed by atoms with van der Waals surface area (Å²) in [6.45, 7) is 4.48. The molecule has 1 heterocycles. The van der Waals surface area contributed by atoms with Crippen LogP contribution in [0.1, 0.15) is 34.3 Å². The van der Waals surface area contributed by atoms with Crippen LogP contribution in [0, 0.1) is 5.92 Å². The smallest absolute Gasteiger partial charge is 0.335 e. The number of carboxylic acid groups (broad SMARTS) is 1. The molecule has 0 atom stereocenters. The molecule has 1 saturated heterocycles. The topological polar surface area (TPSA) is 49.8 Å². The lowest BCUT2D eigenvalue weighted by atomic mass is 9.99. The predicted octanol–water partition coefficient (Wildman–Crippen LogP) is 3.81. The van der Waals surface area contributed by atoms with Gasteiger partial charge in [0.1, 0.15) is 0 Å². The molecule has 1 aliphatic heterocycles. The van der Waals surface area contributed by atoms with Crippen LogP contribution in [-0.4, -0.2) is 35.7 Å². The number of carboxylic acids is 1. The molecule has 25 heavy (non-hydrogen) atoms. The standard InChI is InChI=1S/C21H25NO3/c23-21(24)20-8-6-18(7-9-20)15-22(14-17-4-2-1-3-5-17)16-19-10-12-25-13-11-19/h1-9,19H,10-16H2,(H,23,24). The minimum absolute atomic E-state index is 0.336. The summed E-state index contributed by atoms with van der Waals surface area (Å²) in [5.41, 5.74) is 2.78. The van der Waals surface area contributed by atoms with Crippen LogP contribution in [0.15, 0.2) is 54.6 Å². The Labute approximate surface area is 149 Å². The maximum Gasteiger partial charge on any atom is 0.335 e. The zero-order valence-electron chi connectivity index (χ0n) is 14.4. The van der Waals surface area contributed by atoms with Gasteiger partial charge in [-0.3, -0.25) is 4.90 Å². The first-order valence-corrected chi connectivity index (χ1v) is 8.87. The average Bonchev–Trinajstić information content (AvgIpc) is 2.64. The Bertz CT molecular complexity index is 663. The first kappa shape index (κ1) is 17.6. The highest BCUT2D eigenvalue weighted by Crippen LogP contribution is 2.19. The van der Waals surface area contributed by atoms with Crippen molar-refractivity contribution in [2.75, 3.05) is 19.8 Å². The van der Waals surface area contributed by atoms with Gasteiger partial charge in [-0.15, -0.1) is 0 Å². The maximum absolute atomic E-state index is 11.0. The van der Waals surface area contributed by atoms with Crippen molar-refractivity contribution in [1.82, 2.24) is 4.90 Å². The van der Waals surface area contributed by atoms with Crippen molar-refractivity contribution in [3.63, 3.8) is 0 Å². The molecule has 0 unspecified atom stereocenters. The van der Waals surface area contributed by atoms with E-state index in [1.54, 1.807) is 12.1 Å². The predicted molar refractivity (Wildman–Crippen MR) is 97.5 cm³/mol. The molecule has 0 saturated carbocycles. The number of rotatable bonds is 7. The Morgan fingerprint density at radius 1 is 0.960 bits per heavy atom. The molecule has 4 heteroatoms. The van der Waals surface area contributed by atoms with Gasteiger partial charge in [0, 0.05) is 32.8 Å². The molecule has 0 spiro atoms. The largest absolute Gasteiger partial charge is 0.478 e. The molecular weight excluding hydrogens is 314 g/mol. The summed E-state index contributed by atoms with van der Waals surface area (Å²) in [5.74, 6) is -0.217. The molecule has 0 amide bonds. The van der Waals surface area contributed by atoms with Crippen molar-refractivity contribution in [2.45, 2.75) is 25.9 Å². The number of nitrogens with zero attached hydrogens (tertiary/aromatic N) is 1. The molecule has 0 bridgehead atoms. The zero-order valence-corrected chi connectivity index (χ0v) is 14.4. The van der Waals surface area contributed by atoms with E-state index in [0.717, 1.165) is 51.3 Å². The number of aromatic carboxylic acids is 1. The molecular formula is C21H25NO3. The number of benzene rings is 2. The van der Waals surface area contributed by atoms with Crippen molar-refractivity contribution in [2.24, 2.45) is 5.92 Å². The maximum atomic E-state index is 11.0. The van der Waals surface area contributed by atoms with Gasteiger partial charge in [0.05, 0.1) is 5.56 Å². The van der Waals surface area contributed by atoms with Crippen molar-refractivity contribution in [3.05, 3.63) is 71.3 Å². The van der Waals surface area contributed by atoms with Crippen molar-refractivity contribution < 1.29 is 14.6 Å². The summed E-state index contributed by atoms with van der Waals surface area (Å²) in [7, 11) is 0. The van der Waals surface area contributed by atoms with Gasteiger partial charge in [-0.05, 0) is 42.0 Å². The molecule has 1 N–H and O–H groups in total. The van der Waals surface area contributed by atoms with Crippen LogP contribution in [0.2, 0.25) is 0 Å². The SMILES string of the molecule is O=C(O)c1ccc(CN(Cc2ccccc2)CC2CCOCC2)cc1. The fourth-order valence-corrected chi connectivity index (χ4v) is 3.33. The van der Waals surface area contributed by atoms with Crippen molar-refractivity contribution >= 4 is 5.97 Å². The van der Waals surface area contributed by atoms with Gasteiger partial charge in [-0.25, -0.2) is 4.79 Å². The first-order chi connectivity index (χ1) is 12.2.